The van der Waals surface area contributed by atoms with Crippen molar-refractivity contribution in [3.05, 3.63) is 58.9 Å². The minimum atomic E-state index is -1.24. The van der Waals surface area contributed by atoms with Gasteiger partial charge in [-0.3, -0.25) is 4.79 Å². The topological polar surface area (TPSA) is 126 Å². The van der Waals surface area contributed by atoms with Crippen molar-refractivity contribution in [3.8, 4) is 0 Å². The maximum Gasteiger partial charge on any atom is 0.408 e. The van der Waals surface area contributed by atoms with Gasteiger partial charge in [-0.15, -0.1) is 0 Å². The highest BCUT2D eigenvalue weighted by molar-refractivity contribution is 5.86. The van der Waals surface area contributed by atoms with E-state index in [4.69, 9.17) is 14.2 Å². The fraction of sp³-hybridized carbons (Fsp3) is 0.556. The molecule has 6 atom stereocenters. The Balaban J connectivity index is 1.76. The fourth-order valence-electron chi connectivity index (χ4n) is 4.41. The fourth-order valence-corrected chi connectivity index (χ4v) is 4.41. The summed E-state index contributed by atoms with van der Waals surface area (Å²) in [4.78, 5) is 25.7. The lowest BCUT2D eigenvalue weighted by Crippen LogP contribution is -2.59. The monoisotopic (exact) mass is 502 g/mol. The molecule has 1 saturated heterocycles. The van der Waals surface area contributed by atoms with Gasteiger partial charge < -0.3 is 35.1 Å². The normalized spacial score (nSPS) is 28.6. The number of alkyl carbamates (subject to hydrolysis) is 1. The molecule has 0 spiro atoms. The first-order valence-electron chi connectivity index (χ1n) is 12.2. The minimum absolute atomic E-state index is 0.0394. The Morgan fingerprint density at radius 2 is 1.75 bits per heavy atom. The third-order valence-electron chi connectivity index (χ3n) is 6.29. The van der Waals surface area contributed by atoms with E-state index in [2.05, 4.69) is 10.6 Å². The lowest BCUT2D eigenvalue weighted by Gasteiger charge is -2.42. The third kappa shape index (κ3) is 7.09. The molecule has 6 unspecified atom stereocenters. The lowest BCUT2D eigenvalue weighted by molar-refractivity contribution is -0.267. The Labute approximate surface area is 212 Å². The van der Waals surface area contributed by atoms with Gasteiger partial charge in [-0.25, -0.2) is 4.79 Å². The van der Waals surface area contributed by atoms with Crippen LogP contribution in [0.25, 0.3) is 0 Å². The van der Waals surface area contributed by atoms with Gasteiger partial charge in [0.1, 0.15) is 17.7 Å². The Kier molecular flexibility index (Phi) is 8.81. The van der Waals surface area contributed by atoms with Crippen LogP contribution in [0, 0.1) is 5.92 Å². The van der Waals surface area contributed by atoms with Gasteiger partial charge in [-0.2, -0.15) is 0 Å². The number of aliphatic hydroxyl groups is 2. The van der Waals surface area contributed by atoms with Crippen molar-refractivity contribution in [2.24, 2.45) is 5.92 Å². The number of aliphatic hydroxyl groups excluding tert-OH is 2. The van der Waals surface area contributed by atoms with E-state index in [-0.39, 0.29) is 13.0 Å². The Morgan fingerprint density at radius 3 is 2.39 bits per heavy atom. The van der Waals surface area contributed by atoms with Crippen LogP contribution in [0.5, 0.6) is 0 Å². The summed E-state index contributed by atoms with van der Waals surface area (Å²) in [6.45, 7) is 10.8. The standard InChI is InChI=1S/C27H38N2O7/c1-15-12-16(2)21-20(35-25(34-17(15)3)23(31)22(21)30)14-28-24(32)19(13-18-10-8-7-9-11-18)29-26(33)36-27(4,5)6/h7-12,19-23,25,30-31H,13-14H2,1-6H3,(H,28,32)(H,29,33)/b16-12-,17-15?. The second-order valence-electron chi connectivity index (χ2n) is 10.4. The number of ether oxygens (including phenoxy) is 3. The molecule has 0 aliphatic carbocycles. The van der Waals surface area contributed by atoms with Gasteiger partial charge in [-0.1, -0.05) is 42.0 Å². The highest BCUT2D eigenvalue weighted by Crippen LogP contribution is 2.35. The van der Waals surface area contributed by atoms with Gasteiger partial charge in [-0.05, 0) is 52.7 Å². The number of benzene rings is 1. The van der Waals surface area contributed by atoms with E-state index < -0.39 is 54.2 Å². The number of amides is 2. The lowest BCUT2D eigenvalue weighted by atomic mass is 9.83. The van der Waals surface area contributed by atoms with Crippen LogP contribution in [0.1, 0.15) is 47.1 Å². The van der Waals surface area contributed by atoms with Crippen LogP contribution in [0.2, 0.25) is 0 Å². The summed E-state index contributed by atoms with van der Waals surface area (Å²) in [6.07, 6.45) is -2.66. The zero-order valence-corrected chi connectivity index (χ0v) is 21.8. The summed E-state index contributed by atoms with van der Waals surface area (Å²) in [5, 5.41) is 26.9. The van der Waals surface area contributed by atoms with Crippen LogP contribution in [0.3, 0.4) is 0 Å². The molecule has 0 radical (unpaired) electrons. The predicted octanol–water partition coefficient (Wildman–Crippen LogP) is 2.57. The Hall–Kier alpha value is -2.88. The zero-order valence-electron chi connectivity index (χ0n) is 21.8. The molecule has 3 aliphatic rings. The summed E-state index contributed by atoms with van der Waals surface area (Å²) in [5.74, 6) is -0.403. The molecule has 3 heterocycles. The van der Waals surface area contributed by atoms with Crippen molar-refractivity contribution in [1.82, 2.24) is 10.6 Å². The van der Waals surface area contributed by atoms with E-state index in [0.717, 1.165) is 16.7 Å². The molecule has 4 N–H and O–H groups in total. The summed E-state index contributed by atoms with van der Waals surface area (Å²) in [5.41, 5.74) is 1.82. The van der Waals surface area contributed by atoms with Gasteiger partial charge in [0, 0.05) is 18.9 Å². The summed E-state index contributed by atoms with van der Waals surface area (Å²) >= 11 is 0. The molecule has 198 valence electrons. The SMILES string of the molecule is CC1=C(C)OC2OC(CNC(=O)C(Cc3ccccc3)NC(=O)OC(C)(C)C)C(/C(C)=C\1)C(O)C2O. The second kappa shape index (κ2) is 11.5. The van der Waals surface area contributed by atoms with Crippen LogP contribution in [-0.2, 0) is 25.4 Å². The van der Waals surface area contributed by atoms with Crippen LogP contribution in [-0.4, -0.2) is 65.0 Å². The van der Waals surface area contributed by atoms with Gasteiger partial charge in [0.25, 0.3) is 0 Å². The van der Waals surface area contributed by atoms with Gasteiger partial charge in [0.2, 0.25) is 12.2 Å². The summed E-state index contributed by atoms with van der Waals surface area (Å²) in [6, 6.07) is 8.44. The van der Waals surface area contributed by atoms with E-state index in [1.165, 1.54) is 0 Å². The molecule has 2 bridgehead atoms. The molecule has 0 aromatic heterocycles. The number of hydrogen-bond acceptors (Lipinski definition) is 7. The molecule has 36 heavy (non-hydrogen) atoms. The van der Waals surface area contributed by atoms with E-state index in [9.17, 15) is 19.8 Å². The number of carbonyl (C=O) groups is 2. The average Bonchev–Trinajstić information content (AvgIpc) is 2.84. The van der Waals surface area contributed by atoms with Crippen molar-refractivity contribution < 1.29 is 34.0 Å². The summed E-state index contributed by atoms with van der Waals surface area (Å²) in [7, 11) is 0. The first-order chi connectivity index (χ1) is 16.9. The predicted molar refractivity (Wildman–Crippen MR) is 134 cm³/mol. The number of rotatable bonds is 6. The number of carbonyl (C=O) groups excluding carboxylic acids is 2. The second-order valence-corrected chi connectivity index (χ2v) is 10.4. The number of fused-ring (bicyclic) bond motifs is 4. The van der Waals surface area contributed by atoms with Crippen molar-refractivity contribution in [2.75, 3.05) is 6.54 Å². The van der Waals surface area contributed by atoms with E-state index in [1.54, 1.807) is 27.7 Å². The quantitative estimate of drug-likeness (QED) is 0.471. The number of nitrogens with one attached hydrogen (secondary N) is 2. The van der Waals surface area contributed by atoms with E-state index in [0.29, 0.717) is 5.76 Å². The van der Waals surface area contributed by atoms with Gasteiger partial charge >= 0.3 is 6.09 Å². The van der Waals surface area contributed by atoms with Crippen LogP contribution in [0.4, 0.5) is 4.79 Å². The highest BCUT2D eigenvalue weighted by atomic mass is 16.7. The number of hydrogen-bond donors (Lipinski definition) is 4. The number of allylic oxidation sites excluding steroid dienone is 3. The highest BCUT2D eigenvalue weighted by Gasteiger charge is 2.47. The van der Waals surface area contributed by atoms with Crippen molar-refractivity contribution in [3.63, 3.8) is 0 Å². The largest absolute Gasteiger partial charge is 0.466 e. The van der Waals surface area contributed by atoms with Crippen molar-refractivity contribution in [2.45, 2.75) is 84.2 Å². The van der Waals surface area contributed by atoms with Crippen LogP contribution >= 0.6 is 0 Å². The molecule has 1 fully saturated rings. The maximum atomic E-state index is 13.2. The molecular formula is C27H38N2O7. The Bertz CT molecular complexity index is 999. The van der Waals surface area contributed by atoms with E-state index in [1.807, 2.05) is 50.3 Å². The molecule has 9 nitrogen and oxygen atoms in total. The van der Waals surface area contributed by atoms with Gasteiger partial charge in [0.15, 0.2) is 0 Å². The molecule has 1 aromatic carbocycles. The third-order valence-corrected chi connectivity index (χ3v) is 6.29. The minimum Gasteiger partial charge on any atom is -0.466 e. The molecule has 0 saturated carbocycles. The van der Waals surface area contributed by atoms with Crippen molar-refractivity contribution >= 4 is 12.0 Å². The molecule has 9 heteroatoms. The van der Waals surface area contributed by atoms with Crippen molar-refractivity contribution in [1.29, 1.82) is 0 Å². The Morgan fingerprint density at radius 1 is 1.08 bits per heavy atom. The maximum absolute atomic E-state index is 13.2. The summed E-state index contributed by atoms with van der Waals surface area (Å²) < 4.78 is 17.1. The van der Waals surface area contributed by atoms with E-state index >= 15 is 0 Å². The smallest absolute Gasteiger partial charge is 0.408 e. The molecule has 4 rings (SSSR count). The van der Waals surface area contributed by atoms with Gasteiger partial charge in [0.05, 0.1) is 18.0 Å². The molecule has 3 aliphatic heterocycles. The zero-order chi connectivity index (χ0) is 26.6. The average molecular weight is 503 g/mol. The first kappa shape index (κ1) is 27.7. The van der Waals surface area contributed by atoms with Crippen LogP contribution < -0.4 is 10.6 Å². The molecule has 1 aromatic rings. The first-order valence-corrected chi connectivity index (χ1v) is 12.2. The van der Waals surface area contributed by atoms with Crippen LogP contribution in [0.15, 0.2) is 53.3 Å². The molecular weight excluding hydrogens is 464 g/mol. The molecule has 2 amide bonds.